The molecule has 4 aliphatic carbocycles. The molecule has 124 valence electrons. The molecule has 0 aromatic rings. The predicted octanol–water partition coefficient (Wildman–Crippen LogP) is 5.48. The maximum Gasteiger partial charge on any atom is 0.0682 e. The zero-order valence-electron chi connectivity index (χ0n) is 14.8. The Morgan fingerprint density at radius 1 is 1.09 bits per heavy atom. The highest BCUT2D eigenvalue weighted by Crippen LogP contribution is 2.65. The van der Waals surface area contributed by atoms with Crippen molar-refractivity contribution in [2.45, 2.75) is 90.6 Å². The van der Waals surface area contributed by atoms with Crippen LogP contribution in [0.15, 0.2) is 11.6 Å². The van der Waals surface area contributed by atoms with E-state index in [1.165, 1.54) is 44.9 Å². The van der Waals surface area contributed by atoms with E-state index in [-0.39, 0.29) is 0 Å². The minimum absolute atomic E-state index is 0.397. The lowest BCUT2D eigenvalue weighted by Crippen LogP contribution is -2.51. The SMILES string of the molecule is CCC1(O)CCC2(C)C(=CCC3C4CCCC4(C)CCC32)C1. The fourth-order valence-corrected chi connectivity index (χ4v) is 7.01. The number of allylic oxidation sites excluding steroid dienone is 1. The summed E-state index contributed by atoms with van der Waals surface area (Å²) in [5, 5.41) is 10.8. The molecule has 0 saturated heterocycles. The van der Waals surface area contributed by atoms with Gasteiger partial charge in [0, 0.05) is 0 Å². The summed E-state index contributed by atoms with van der Waals surface area (Å²) in [4.78, 5) is 0. The van der Waals surface area contributed by atoms with Crippen molar-refractivity contribution >= 4 is 0 Å². The van der Waals surface area contributed by atoms with Crippen molar-refractivity contribution in [3.8, 4) is 0 Å². The van der Waals surface area contributed by atoms with Crippen LogP contribution in [0.5, 0.6) is 0 Å². The van der Waals surface area contributed by atoms with E-state index in [2.05, 4.69) is 26.8 Å². The highest BCUT2D eigenvalue weighted by molar-refractivity contribution is 5.26. The minimum Gasteiger partial charge on any atom is -0.390 e. The summed E-state index contributed by atoms with van der Waals surface area (Å²) in [7, 11) is 0. The van der Waals surface area contributed by atoms with Gasteiger partial charge in [-0.2, -0.15) is 0 Å². The van der Waals surface area contributed by atoms with Crippen LogP contribution in [-0.2, 0) is 0 Å². The maximum atomic E-state index is 10.8. The van der Waals surface area contributed by atoms with Crippen LogP contribution in [0.4, 0.5) is 0 Å². The Kier molecular flexibility index (Phi) is 3.36. The van der Waals surface area contributed by atoms with Crippen molar-refractivity contribution in [1.29, 1.82) is 0 Å². The second kappa shape index (κ2) is 4.85. The first-order valence-electron chi connectivity index (χ1n) is 9.82. The van der Waals surface area contributed by atoms with Crippen molar-refractivity contribution in [3.63, 3.8) is 0 Å². The van der Waals surface area contributed by atoms with Crippen molar-refractivity contribution < 1.29 is 5.11 Å². The van der Waals surface area contributed by atoms with Gasteiger partial charge in [-0.25, -0.2) is 0 Å². The first kappa shape index (κ1) is 15.2. The average molecular weight is 303 g/mol. The topological polar surface area (TPSA) is 20.2 Å². The molecule has 1 nitrogen and oxygen atoms in total. The normalized spacial score (nSPS) is 54.2. The molecule has 0 radical (unpaired) electrons. The van der Waals surface area contributed by atoms with Crippen LogP contribution < -0.4 is 0 Å². The number of rotatable bonds is 1. The van der Waals surface area contributed by atoms with Crippen LogP contribution in [0.25, 0.3) is 0 Å². The first-order valence-corrected chi connectivity index (χ1v) is 9.82. The Balaban J connectivity index is 1.65. The van der Waals surface area contributed by atoms with Gasteiger partial charge in [0.1, 0.15) is 0 Å². The van der Waals surface area contributed by atoms with E-state index in [1.807, 2.05) is 0 Å². The summed E-state index contributed by atoms with van der Waals surface area (Å²) in [5.41, 5.74) is 2.26. The van der Waals surface area contributed by atoms with Gasteiger partial charge in [-0.15, -0.1) is 0 Å². The van der Waals surface area contributed by atoms with Gasteiger partial charge in [-0.05, 0) is 86.4 Å². The molecule has 6 atom stereocenters. The molecule has 0 bridgehead atoms. The number of fused-ring (bicyclic) bond motifs is 5. The number of hydrogen-bond acceptors (Lipinski definition) is 1. The largest absolute Gasteiger partial charge is 0.390 e. The molecule has 3 fully saturated rings. The van der Waals surface area contributed by atoms with Gasteiger partial charge < -0.3 is 5.11 Å². The van der Waals surface area contributed by atoms with Crippen molar-refractivity contribution in [1.82, 2.24) is 0 Å². The van der Waals surface area contributed by atoms with Gasteiger partial charge in [0.25, 0.3) is 0 Å². The van der Waals surface area contributed by atoms with Gasteiger partial charge >= 0.3 is 0 Å². The maximum absolute atomic E-state index is 10.8. The molecule has 1 N–H and O–H groups in total. The molecule has 4 rings (SSSR count). The Labute approximate surface area is 136 Å². The fraction of sp³-hybridized carbons (Fsp3) is 0.905. The smallest absolute Gasteiger partial charge is 0.0682 e. The van der Waals surface area contributed by atoms with Crippen LogP contribution in [0, 0.1) is 28.6 Å². The molecule has 1 heteroatoms. The summed E-state index contributed by atoms with van der Waals surface area (Å²) < 4.78 is 0. The summed E-state index contributed by atoms with van der Waals surface area (Å²) >= 11 is 0. The minimum atomic E-state index is -0.408. The van der Waals surface area contributed by atoms with Crippen molar-refractivity contribution in [3.05, 3.63) is 11.6 Å². The Morgan fingerprint density at radius 2 is 1.91 bits per heavy atom. The van der Waals surface area contributed by atoms with Gasteiger partial charge in [-0.1, -0.05) is 38.8 Å². The third kappa shape index (κ3) is 2.00. The molecule has 22 heavy (non-hydrogen) atoms. The highest BCUT2D eigenvalue weighted by Gasteiger charge is 2.56. The molecular formula is C21H34O. The molecule has 0 aromatic carbocycles. The predicted molar refractivity (Wildman–Crippen MR) is 91.6 cm³/mol. The average Bonchev–Trinajstić information content (AvgIpc) is 2.90. The molecule has 0 aliphatic heterocycles. The molecule has 4 aliphatic rings. The quantitative estimate of drug-likeness (QED) is 0.636. The van der Waals surface area contributed by atoms with E-state index in [9.17, 15) is 5.11 Å². The number of aliphatic hydroxyl groups is 1. The second-order valence-corrected chi connectivity index (χ2v) is 9.60. The zero-order valence-corrected chi connectivity index (χ0v) is 14.8. The summed E-state index contributed by atoms with van der Waals surface area (Å²) in [6.45, 7) is 7.28. The van der Waals surface area contributed by atoms with Crippen LogP contribution in [-0.4, -0.2) is 10.7 Å². The summed E-state index contributed by atoms with van der Waals surface area (Å²) in [5.74, 6) is 2.81. The summed E-state index contributed by atoms with van der Waals surface area (Å²) in [6, 6.07) is 0. The fourth-order valence-electron chi connectivity index (χ4n) is 7.01. The Bertz CT molecular complexity index is 494. The second-order valence-electron chi connectivity index (χ2n) is 9.60. The lowest BCUT2D eigenvalue weighted by atomic mass is 9.47. The Morgan fingerprint density at radius 3 is 2.68 bits per heavy atom. The molecule has 0 heterocycles. The lowest BCUT2D eigenvalue weighted by Gasteiger charge is -2.58. The van der Waals surface area contributed by atoms with E-state index < -0.39 is 5.60 Å². The monoisotopic (exact) mass is 302 g/mol. The van der Waals surface area contributed by atoms with Crippen molar-refractivity contribution in [2.24, 2.45) is 28.6 Å². The molecule has 3 saturated carbocycles. The first-order chi connectivity index (χ1) is 10.4. The lowest BCUT2D eigenvalue weighted by molar-refractivity contribution is -0.0633. The molecule has 0 aromatic heterocycles. The van der Waals surface area contributed by atoms with E-state index in [0.29, 0.717) is 10.8 Å². The third-order valence-corrected chi connectivity index (χ3v) is 8.69. The van der Waals surface area contributed by atoms with Gasteiger partial charge in [0.2, 0.25) is 0 Å². The van der Waals surface area contributed by atoms with Crippen LogP contribution in [0.3, 0.4) is 0 Å². The highest BCUT2D eigenvalue weighted by atomic mass is 16.3. The van der Waals surface area contributed by atoms with Gasteiger partial charge in [-0.3, -0.25) is 0 Å². The number of hydrogen-bond donors (Lipinski definition) is 1. The van der Waals surface area contributed by atoms with Gasteiger partial charge in [0.15, 0.2) is 0 Å². The van der Waals surface area contributed by atoms with Gasteiger partial charge in [0.05, 0.1) is 5.60 Å². The van der Waals surface area contributed by atoms with E-state index in [1.54, 1.807) is 5.57 Å². The van der Waals surface area contributed by atoms with Crippen LogP contribution in [0.1, 0.15) is 85.0 Å². The zero-order chi connectivity index (χ0) is 15.6. The molecule has 0 spiro atoms. The molecule has 6 unspecified atom stereocenters. The van der Waals surface area contributed by atoms with E-state index >= 15 is 0 Å². The van der Waals surface area contributed by atoms with Crippen molar-refractivity contribution in [2.75, 3.05) is 0 Å². The summed E-state index contributed by atoms with van der Waals surface area (Å²) in [6.07, 6.45) is 15.3. The van der Waals surface area contributed by atoms with E-state index in [0.717, 1.165) is 37.0 Å². The molecular weight excluding hydrogens is 268 g/mol. The van der Waals surface area contributed by atoms with Crippen LogP contribution in [0.2, 0.25) is 0 Å². The Hall–Kier alpha value is -0.300. The third-order valence-electron chi connectivity index (χ3n) is 8.69. The van der Waals surface area contributed by atoms with Crippen LogP contribution >= 0.6 is 0 Å². The standard InChI is InChI=1S/C21H34O/c1-4-21(22)13-12-20(3)15(14-21)7-8-16-17-6-5-10-19(17,2)11-9-18(16)20/h7,16-18,22H,4-6,8-14H2,1-3H3. The molecule has 0 amide bonds. The van der Waals surface area contributed by atoms with E-state index in [4.69, 9.17) is 0 Å².